The quantitative estimate of drug-likeness (QED) is 0.479. The molecule has 1 atom stereocenters. The van der Waals surface area contributed by atoms with Gasteiger partial charge in [-0.25, -0.2) is 4.79 Å². The number of amides is 2. The zero-order valence-corrected chi connectivity index (χ0v) is 19.7. The standard InChI is InChI=1S/C25H20F3N5O3/c1-13-21(14(2)34)22(19-9-8-16(12-29)10-20(19)23-31-30-15(3)36-23)32(4)24(35)33(13)18-7-5-6-17(11-18)25(26,27)28/h5-11,22H,1-4H3. The number of carbonyl (C=O) groups is 2. The van der Waals surface area contributed by atoms with Crippen molar-refractivity contribution in [3.63, 3.8) is 0 Å². The van der Waals surface area contributed by atoms with Crippen LogP contribution in [0.15, 0.2) is 58.2 Å². The summed E-state index contributed by atoms with van der Waals surface area (Å²) in [7, 11) is 1.45. The van der Waals surface area contributed by atoms with Crippen LogP contribution in [0.25, 0.3) is 11.5 Å². The average molecular weight is 495 g/mol. The maximum absolute atomic E-state index is 13.5. The Balaban J connectivity index is 1.94. The SMILES string of the molecule is CC(=O)C1=C(C)N(c2cccc(C(F)(F)F)c2)C(=O)N(C)C1c1ccc(C#N)cc1-c1nnc(C)o1. The normalized spacial score (nSPS) is 16.4. The monoisotopic (exact) mass is 495 g/mol. The molecule has 0 aliphatic carbocycles. The van der Waals surface area contributed by atoms with Crippen LogP contribution in [0.5, 0.6) is 0 Å². The summed E-state index contributed by atoms with van der Waals surface area (Å²) in [5.74, 6) is -0.00669. The molecule has 1 aliphatic heterocycles. The molecule has 4 rings (SSSR count). The molecule has 2 amide bonds. The Kier molecular flexibility index (Phi) is 6.14. The van der Waals surface area contributed by atoms with Crippen molar-refractivity contribution in [1.82, 2.24) is 15.1 Å². The maximum Gasteiger partial charge on any atom is 0.416 e. The van der Waals surface area contributed by atoms with E-state index in [1.54, 1.807) is 13.0 Å². The fourth-order valence-electron chi connectivity index (χ4n) is 4.32. The molecule has 2 aromatic carbocycles. The highest BCUT2D eigenvalue weighted by atomic mass is 19.4. The molecule has 0 radical (unpaired) electrons. The Bertz CT molecular complexity index is 1450. The molecular weight excluding hydrogens is 475 g/mol. The molecule has 1 unspecified atom stereocenters. The van der Waals surface area contributed by atoms with E-state index < -0.39 is 23.8 Å². The van der Waals surface area contributed by atoms with Gasteiger partial charge < -0.3 is 9.32 Å². The first kappa shape index (κ1) is 24.7. The van der Waals surface area contributed by atoms with E-state index in [2.05, 4.69) is 10.2 Å². The minimum absolute atomic E-state index is 0.0241. The molecule has 11 heteroatoms. The molecule has 1 aliphatic rings. The number of Topliss-reactive ketones (excluding diaryl/α,β-unsaturated/α-hetero) is 1. The van der Waals surface area contributed by atoms with Crippen LogP contribution in [0.1, 0.15) is 42.5 Å². The molecule has 0 fully saturated rings. The molecule has 0 saturated carbocycles. The summed E-state index contributed by atoms with van der Waals surface area (Å²) >= 11 is 0. The second-order valence-corrected chi connectivity index (χ2v) is 8.27. The maximum atomic E-state index is 13.5. The first-order valence-corrected chi connectivity index (χ1v) is 10.7. The Morgan fingerprint density at radius 2 is 1.86 bits per heavy atom. The summed E-state index contributed by atoms with van der Waals surface area (Å²) < 4.78 is 45.6. The van der Waals surface area contributed by atoms with Gasteiger partial charge in [-0.1, -0.05) is 12.1 Å². The summed E-state index contributed by atoms with van der Waals surface area (Å²) in [5, 5.41) is 17.3. The number of nitrogens with zero attached hydrogens (tertiary/aromatic N) is 5. The lowest BCUT2D eigenvalue weighted by atomic mass is 9.87. The van der Waals surface area contributed by atoms with Crippen LogP contribution in [-0.4, -0.2) is 34.0 Å². The molecule has 8 nitrogen and oxygen atoms in total. The minimum Gasteiger partial charge on any atom is -0.421 e. The van der Waals surface area contributed by atoms with Crippen molar-refractivity contribution in [2.24, 2.45) is 0 Å². The number of benzene rings is 2. The minimum atomic E-state index is -4.61. The van der Waals surface area contributed by atoms with Gasteiger partial charge in [0.2, 0.25) is 11.8 Å². The molecule has 36 heavy (non-hydrogen) atoms. The number of urea groups is 1. The second-order valence-electron chi connectivity index (χ2n) is 8.27. The predicted octanol–water partition coefficient (Wildman–Crippen LogP) is 5.41. The first-order chi connectivity index (χ1) is 16.9. The largest absolute Gasteiger partial charge is 0.421 e. The summed E-state index contributed by atoms with van der Waals surface area (Å²) in [5.41, 5.74) is 0.536. The van der Waals surface area contributed by atoms with Gasteiger partial charge in [-0.2, -0.15) is 18.4 Å². The third kappa shape index (κ3) is 4.22. The summed E-state index contributed by atoms with van der Waals surface area (Å²) in [6.07, 6.45) is -4.61. The van der Waals surface area contributed by atoms with Gasteiger partial charge in [-0.3, -0.25) is 9.69 Å². The highest BCUT2D eigenvalue weighted by molar-refractivity contribution is 6.05. The van der Waals surface area contributed by atoms with E-state index in [9.17, 15) is 28.0 Å². The van der Waals surface area contributed by atoms with Crippen molar-refractivity contribution in [1.29, 1.82) is 5.26 Å². The van der Waals surface area contributed by atoms with E-state index in [-0.39, 0.29) is 34.5 Å². The van der Waals surface area contributed by atoms with E-state index in [0.29, 0.717) is 16.7 Å². The average Bonchev–Trinajstić information content (AvgIpc) is 3.26. The number of carbonyl (C=O) groups excluding carboxylic acids is 2. The molecule has 3 aromatic rings. The van der Waals surface area contributed by atoms with Gasteiger partial charge in [0.1, 0.15) is 0 Å². The smallest absolute Gasteiger partial charge is 0.416 e. The van der Waals surface area contributed by atoms with Crippen molar-refractivity contribution >= 4 is 17.5 Å². The zero-order valence-electron chi connectivity index (χ0n) is 19.7. The first-order valence-electron chi connectivity index (χ1n) is 10.7. The van der Waals surface area contributed by atoms with Crippen molar-refractivity contribution in [3.05, 3.63) is 76.3 Å². The van der Waals surface area contributed by atoms with Gasteiger partial charge in [-0.05, 0) is 49.7 Å². The second kappa shape index (κ2) is 8.96. The number of alkyl halides is 3. The van der Waals surface area contributed by atoms with Crippen LogP contribution in [0.2, 0.25) is 0 Å². The Hall–Kier alpha value is -4.46. The van der Waals surface area contributed by atoms with E-state index >= 15 is 0 Å². The number of aromatic nitrogens is 2. The van der Waals surface area contributed by atoms with Crippen LogP contribution >= 0.6 is 0 Å². The van der Waals surface area contributed by atoms with Crippen molar-refractivity contribution in [2.45, 2.75) is 33.0 Å². The lowest BCUT2D eigenvalue weighted by molar-refractivity contribution is -0.137. The zero-order chi connectivity index (χ0) is 26.4. The number of rotatable bonds is 4. The van der Waals surface area contributed by atoms with E-state index in [1.807, 2.05) is 6.07 Å². The van der Waals surface area contributed by atoms with Crippen LogP contribution in [0.3, 0.4) is 0 Å². The van der Waals surface area contributed by atoms with E-state index in [4.69, 9.17) is 4.42 Å². The highest BCUT2D eigenvalue weighted by Gasteiger charge is 2.41. The van der Waals surface area contributed by atoms with Crippen LogP contribution in [-0.2, 0) is 11.0 Å². The Morgan fingerprint density at radius 1 is 1.14 bits per heavy atom. The van der Waals surface area contributed by atoms with Crippen LogP contribution in [0.4, 0.5) is 23.7 Å². The fraction of sp³-hybridized carbons (Fsp3) is 0.240. The summed E-state index contributed by atoms with van der Waals surface area (Å²) in [4.78, 5) is 28.8. The Morgan fingerprint density at radius 3 is 2.44 bits per heavy atom. The van der Waals surface area contributed by atoms with E-state index in [0.717, 1.165) is 17.0 Å². The third-order valence-electron chi connectivity index (χ3n) is 5.92. The molecule has 0 saturated heterocycles. The van der Waals surface area contributed by atoms with Gasteiger partial charge in [0.15, 0.2) is 5.78 Å². The molecule has 1 aromatic heterocycles. The Labute approximate surface area is 204 Å². The highest BCUT2D eigenvalue weighted by Crippen LogP contribution is 2.43. The number of hydrogen-bond acceptors (Lipinski definition) is 6. The molecule has 0 spiro atoms. The van der Waals surface area contributed by atoms with Gasteiger partial charge in [-0.15, -0.1) is 10.2 Å². The number of halogens is 3. The molecule has 0 N–H and O–H groups in total. The number of ketones is 1. The lowest BCUT2D eigenvalue weighted by Gasteiger charge is -2.41. The number of nitriles is 1. The van der Waals surface area contributed by atoms with Gasteiger partial charge in [0, 0.05) is 30.8 Å². The molecular formula is C25H20F3N5O3. The lowest BCUT2D eigenvalue weighted by Crippen LogP contribution is -2.49. The number of aryl methyl sites for hydroxylation is 1. The summed E-state index contributed by atoms with van der Waals surface area (Å²) in [6, 6.07) is 9.47. The number of hydrogen-bond donors (Lipinski definition) is 0. The fourth-order valence-corrected chi connectivity index (χ4v) is 4.32. The van der Waals surface area contributed by atoms with Gasteiger partial charge in [0.05, 0.1) is 28.9 Å². The van der Waals surface area contributed by atoms with Crippen molar-refractivity contribution < 1.29 is 27.2 Å². The van der Waals surface area contributed by atoms with Crippen LogP contribution < -0.4 is 4.90 Å². The van der Waals surface area contributed by atoms with Gasteiger partial charge in [0.25, 0.3) is 0 Å². The van der Waals surface area contributed by atoms with E-state index in [1.165, 1.54) is 50.1 Å². The predicted molar refractivity (Wildman–Crippen MR) is 122 cm³/mol. The van der Waals surface area contributed by atoms with Gasteiger partial charge >= 0.3 is 12.2 Å². The topological polar surface area (TPSA) is 103 Å². The number of likely N-dealkylation sites (N-methyl/N-ethyl adjacent to an activating group) is 1. The number of allylic oxidation sites excluding steroid dienone is 1. The molecule has 184 valence electrons. The third-order valence-corrected chi connectivity index (χ3v) is 5.92. The summed E-state index contributed by atoms with van der Waals surface area (Å²) in [6.45, 7) is 4.42. The molecule has 0 bridgehead atoms. The molecule has 2 heterocycles. The van der Waals surface area contributed by atoms with Crippen LogP contribution in [0, 0.1) is 18.3 Å². The van der Waals surface area contributed by atoms with Crippen molar-refractivity contribution in [3.8, 4) is 17.5 Å². The van der Waals surface area contributed by atoms with Crippen molar-refractivity contribution in [2.75, 3.05) is 11.9 Å². The number of anilines is 1.